The van der Waals surface area contributed by atoms with Crippen LogP contribution in [-0.2, 0) is 16.1 Å². The molecule has 2 aromatic rings. The van der Waals surface area contributed by atoms with E-state index in [1.165, 1.54) is 4.88 Å². The first-order valence-electron chi connectivity index (χ1n) is 9.42. The molecule has 0 saturated carbocycles. The molecular weight excluding hydrogens is 421 g/mol. The van der Waals surface area contributed by atoms with Crippen LogP contribution in [0.25, 0.3) is 0 Å². The highest BCUT2D eigenvalue weighted by molar-refractivity contribution is 7.16. The second-order valence-electron chi connectivity index (χ2n) is 7.82. The van der Waals surface area contributed by atoms with Crippen LogP contribution in [0.2, 0.25) is 0 Å². The van der Waals surface area contributed by atoms with Gasteiger partial charge in [0.25, 0.3) is 0 Å². The second-order valence-corrected chi connectivity index (χ2v) is 9.08. The molecule has 6 nitrogen and oxygen atoms in total. The zero-order valence-corrected chi connectivity index (χ0v) is 17.5. The molecular formula is C20H23F3N2O4S. The van der Waals surface area contributed by atoms with Gasteiger partial charge in [0.2, 0.25) is 5.91 Å². The van der Waals surface area contributed by atoms with Gasteiger partial charge in [-0.1, -0.05) is 0 Å². The number of halogens is 3. The fraction of sp³-hybridized carbons (Fsp3) is 0.500. The minimum Gasteiger partial charge on any atom is -0.475 e. The smallest absolute Gasteiger partial charge is 0.475 e. The third-order valence-corrected chi connectivity index (χ3v) is 6.27. The zero-order chi connectivity index (χ0) is 22.1. The maximum atomic E-state index is 12.5. The van der Waals surface area contributed by atoms with E-state index in [0.717, 1.165) is 49.1 Å². The van der Waals surface area contributed by atoms with Crippen LogP contribution in [0.15, 0.2) is 28.7 Å². The maximum Gasteiger partial charge on any atom is 0.490 e. The van der Waals surface area contributed by atoms with Gasteiger partial charge in [-0.25, -0.2) is 4.79 Å². The summed E-state index contributed by atoms with van der Waals surface area (Å²) in [5.41, 5.74) is 0.122. The number of thiophene rings is 1. The van der Waals surface area contributed by atoms with Crippen LogP contribution in [0.5, 0.6) is 0 Å². The number of nitrogens with zero attached hydrogens (tertiary/aromatic N) is 2. The predicted molar refractivity (Wildman–Crippen MR) is 105 cm³/mol. The molecule has 4 heterocycles. The lowest BCUT2D eigenvalue weighted by atomic mass is 9.86. The molecule has 10 heteroatoms. The summed E-state index contributed by atoms with van der Waals surface area (Å²) < 4.78 is 37.4. The molecule has 30 heavy (non-hydrogen) atoms. The van der Waals surface area contributed by atoms with Crippen molar-refractivity contribution < 1.29 is 32.3 Å². The first kappa shape index (κ1) is 22.4. The summed E-state index contributed by atoms with van der Waals surface area (Å²) in [6.45, 7) is 7.81. The minimum absolute atomic E-state index is 0.122. The zero-order valence-electron chi connectivity index (χ0n) is 16.7. The van der Waals surface area contributed by atoms with Crippen LogP contribution in [0.4, 0.5) is 18.2 Å². The number of hydrogen-bond donors (Lipinski definition) is 1. The Morgan fingerprint density at radius 1 is 1.23 bits per heavy atom. The van der Waals surface area contributed by atoms with Crippen molar-refractivity contribution in [1.82, 2.24) is 4.90 Å². The number of likely N-dealkylation sites (tertiary alicyclic amines) is 1. The average Bonchev–Trinajstić information content (AvgIpc) is 3.39. The Morgan fingerprint density at radius 2 is 1.93 bits per heavy atom. The molecule has 2 aliphatic rings. The lowest BCUT2D eigenvalue weighted by Crippen LogP contribution is -2.30. The molecule has 1 amide bonds. The van der Waals surface area contributed by atoms with Crippen LogP contribution in [0.3, 0.4) is 0 Å². The van der Waals surface area contributed by atoms with E-state index in [9.17, 15) is 18.0 Å². The predicted octanol–water partition coefficient (Wildman–Crippen LogP) is 4.22. The number of amides is 1. The van der Waals surface area contributed by atoms with Crippen molar-refractivity contribution in [2.24, 2.45) is 5.41 Å². The van der Waals surface area contributed by atoms with Crippen molar-refractivity contribution in [3.8, 4) is 0 Å². The van der Waals surface area contributed by atoms with E-state index in [0.29, 0.717) is 6.42 Å². The number of carboxylic acids is 1. The summed E-state index contributed by atoms with van der Waals surface area (Å²) in [4.78, 5) is 27.1. The van der Waals surface area contributed by atoms with Crippen LogP contribution in [0.1, 0.15) is 29.2 Å². The molecule has 0 aromatic carbocycles. The molecule has 164 valence electrons. The molecule has 0 aliphatic carbocycles. The largest absolute Gasteiger partial charge is 0.490 e. The Morgan fingerprint density at radius 3 is 2.47 bits per heavy atom. The van der Waals surface area contributed by atoms with E-state index in [4.69, 9.17) is 14.3 Å². The molecule has 4 rings (SSSR count). The number of alkyl halides is 3. The third kappa shape index (κ3) is 5.23. The number of aliphatic carboxylic acids is 1. The van der Waals surface area contributed by atoms with Gasteiger partial charge in [-0.2, -0.15) is 13.2 Å². The van der Waals surface area contributed by atoms with Crippen molar-refractivity contribution in [1.29, 1.82) is 0 Å². The van der Waals surface area contributed by atoms with Gasteiger partial charge >= 0.3 is 12.1 Å². The number of carboxylic acid groups (broad SMARTS) is 1. The number of anilines is 1. The molecule has 2 aliphatic heterocycles. The first-order chi connectivity index (χ1) is 14.0. The summed E-state index contributed by atoms with van der Waals surface area (Å²) in [7, 11) is 0. The minimum atomic E-state index is -5.08. The van der Waals surface area contributed by atoms with E-state index in [1.807, 2.05) is 17.9 Å². The van der Waals surface area contributed by atoms with Gasteiger partial charge < -0.3 is 14.4 Å². The number of aryl methyl sites for hydroxylation is 2. The Bertz CT molecular complexity index is 923. The maximum absolute atomic E-state index is 12.5. The molecule has 2 aromatic heterocycles. The number of hydrogen-bond acceptors (Lipinski definition) is 5. The number of carbonyl (C=O) groups is 2. The molecule has 0 radical (unpaired) electrons. The standard InChI is InChI=1S/C18H22N2O2S.C2HF3O2/c1-13-3-5-15(22-13)10-19-8-7-18(11-19)9-16(21)20(12-18)17-6-4-14(2)23-17;3-2(4,5)1(6)7/h3-6H,7-12H2,1-2H3;(H,6,7). The van der Waals surface area contributed by atoms with Gasteiger partial charge in [0.15, 0.2) is 0 Å². The summed E-state index contributed by atoms with van der Waals surface area (Å²) in [6.07, 6.45) is -3.31. The molecule has 2 saturated heterocycles. The second kappa shape index (κ2) is 8.43. The highest BCUT2D eigenvalue weighted by Gasteiger charge is 2.48. The monoisotopic (exact) mass is 444 g/mol. The fourth-order valence-corrected chi connectivity index (χ4v) is 4.77. The van der Waals surface area contributed by atoms with E-state index >= 15 is 0 Å². The Balaban J connectivity index is 0.000000318. The van der Waals surface area contributed by atoms with Gasteiger partial charge in [0.05, 0.1) is 11.5 Å². The van der Waals surface area contributed by atoms with Gasteiger partial charge in [-0.15, -0.1) is 11.3 Å². The quantitative estimate of drug-likeness (QED) is 0.767. The third-order valence-electron chi connectivity index (χ3n) is 5.25. The summed E-state index contributed by atoms with van der Waals surface area (Å²) in [6, 6.07) is 8.25. The summed E-state index contributed by atoms with van der Waals surface area (Å²) >= 11 is 1.71. The van der Waals surface area contributed by atoms with E-state index in [1.54, 1.807) is 11.3 Å². The number of carbonyl (C=O) groups excluding carboxylic acids is 1. The molecule has 0 bridgehead atoms. The van der Waals surface area contributed by atoms with Crippen molar-refractivity contribution in [2.45, 2.75) is 39.4 Å². The van der Waals surface area contributed by atoms with Crippen LogP contribution >= 0.6 is 11.3 Å². The SMILES string of the molecule is Cc1ccc(CN2CCC3(CC(=O)N(c4ccc(C)s4)C3)C2)o1.O=C(O)C(F)(F)F. The van der Waals surface area contributed by atoms with Gasteiger partial charge in [0.1, 0.15) is 11.5 Å². The molecule has 1 atom stereocenters. The Kier molecular flexibility index (Phi) is 6.28. The van der Waals surface area contributed by atoms with E-state index in [2.05, 4.69) is 30.0 Å². The first-order valence-corrected chi connectivity index (χ1v) is 10.2. The van der Waals surface area contributed by atoms with Crippen molar-refractivity contribution in [2.75, 3.05) is 24.5 Å². The molecule has 1 unspecified atom stereocenters. The highest BCUT2D eigenvalue weighted by Crippen LogP contribution is 2.43. The van der Waals surface area contributed by atoms with Crippen molar-refractivity contribution in [3.05, 3.63) is 40.7 Å². The van der Waals surface area contributed by atoms with Crippen LogP contribution in [-0.4, -0.2) is 47.7 Å². The molecule has 1 spiro atoms. The number of rotatable bonds is 3. The average molecular weight is 444 g/mol. The van der Waals surface area contributed by atoms with Crippen LogP contribution in [0, 0.1) is 19.3 Å². The fourth-order valence-electron chi connectivity index (χ4n) is 3.89. The van der Waals surface area contributed by atoms with E-state index in [-0.39, 0.29) is 11.3 Å². The molecule has 1 N–H and O–H groups in total. The van der Waals surface area contributed by atoms with Crippen molar-refractivity contribution >= 4 is 28.2 Å². The normalized spacial score (nSPS) is 21.9. The van der Waals surface area contributed by atoms with Crippen LogP contribution < -0.4 is 4.90 Å². The lowest BCUT2D eigenvalue weighted by Gasteiger charge is -2.23. The summed E-state index contributed by atoms with van der Waals surface area (Å²) in [5, 5.41) is 8.23. The van der Waals surface area contributed by atoms with Gasteiger partial charge in [-0.05, 0) is 51.1 Å². The summed E-state index contributed by atoms with van der Waals surface area (Å²) in [5.74, 6) is -0.492. The number of furan rings is 1. The Labute approximate surface area is 175 Å². The van der Waals surface area contributed by atoms with Gasteiger partial charge in [0, 0.05) is 29.8 Å². The van der Waals surface area contributed by atoms with E-state index < -0.39 is 12.1 Å². The highest BCUT2D eigenvalue weighted by atomic mass is 32.1. The topological polar surface area (TPSA) is 74.0 Å². The van der Waals surface area contributed by atoms with Gasteiger partial charge in [-0.3, -0.25) is 9.69 Å². The molecule has 2 fully saturated rings. The van der Waals surface area contributed by atoms with Crippen molar-refractivity contribution in [3.63, 3.8) is 0 Å². The Hall–Kier alpha value is -2.33. The lowest BCUT2D eigenvalue weighted by molar-refractivity contribution is -0.192.